The molecule has 106 valence electrons. The average Bonchev–Trinajstić information content (AvgIpc) is 2.43. The van der Waals surface area contributed by atoms with Gasteiger partial charge in [-0.15, -0.1) is 0 Å². The van der Waals surface area contributed by atoms with Crippen molar-refractivity contribution in [2.24, 2.45) is 0 Å². The molecular weight excluding hydrogens is 328 g/mol. The summed E-state index contributed by atoms with van der Waals surface area (Å²) in [6, 6.07) is 4.01. The van der Waals surface area contributed by atoms with Crippen LogP contribution in [0.4, 0.5) is 25.8 Å². The molecule has 0 radical (unpaired) electrons. The summed E-state index contributed by atoms with van der Waals surface area (Å²) < 4.78 is 27.0. The Hall–Kier alpha value is -1.69. The van der Waals surface area contributed by atoms with Gasteiger partial charge in [-0.25, -0.2) is 8.78 Å². The van der Waals surface area contributed by atoms with Crippen molar-refractivity contribution < 1.29 is 8.78 Å². The molecule has 0 aliphatic heterocycles. The minimum atomic E-state index is -0.655. The molecule has 0 saturated heterocycles. The Morgan fingerprint density at radius 2 is 1.85 bits per heavy atom. The molecule has 0 aliphatic rings. The average molecular weight is 342 g/mol. The number of nitrogens with one attached hydrogen (secondary N) is 2. The molecular formula is C14H14BrF2N3. The lowest BCUT2D eigenvalue weighted by molar-refractivity contribution is 0.581. The standard InChI is InChI=1S/C14H14BrF2N3/c1-2-3-19-9-4-10(8-18-7-9)20-14-5-11(15)12(16)6-13(14)17/h4-8,19-20H,2-3H2,1H3. The molecule has 0 spiro atoms. The number of benzene rings is 1. The van der Waals surface area contributed by atoms with E-state index in [1.165, 1.54) is 6.07 Å². The van der Waals surface area contributed by atoms with Gasteiger partial charge >= 0.3 is 0 Å². The van der Waals surface area contributed by atoms with Gasteiger partial charge in [-0.05, 0) is 34.5 Å². The number of pyridine rings is 1. The predicted octanol–water partition coefficient (Wildman–Crippen LogP) is 4.69. The van der Waals surface area contributed by atoms with Crippen LogP contribution in [0, 0.1) is 11.6 Å². The van der Waals surface area contributed by atoms with Crippen molar-refractivity contribution in [3.8, 4) is 0 Å². The van der Waals surface area contributed by atoms with Gasteiger partial charge in [0.15, 0.2) is 0 Å². The van der Waals surface area contributed by atoms with Gasteiger partial charge in [-0.2, -0.15) is 0 Å². The number of nitrogens with zero attached hydrogens (tertiary/aromatic N) is 1. The van der Waals surface area contributed by atoms with E-state index in [4.69, 9.17) is 0 Å². The first-order valence-electron chi connectivity index (χ1n) is 6.20. The first-order valence-corrected chi connectivity index (χ1v) is 7.00. The van der Waals surface area contributed by atoms with Crippen LogP contribution in [0.15, 0.2) is 35.1 Å². The van der Waals surface area contributed by atoms with Gasteiger partial charge in [0.2, 0.25) is 0 Å². The van der Waals surface area contributed by atoms with Crippen LogP contribution < -0.4 is 10.6 Å². The molecule has 20 heavy (non-hydrogen) atoms. The second kappa shape index (κ2) is 6.65. The molecule has 0 unspecified atom stereocenters. The third kappa shape index (κ3) is 3.66. The summed E-state index contributed by atoms with van der Waals surface area (Å²) in [5.74, 6) is -1.29. The molecule has 0 aliphatic carbocycles. The molecule has 6 heteroatoms. The van der Waals surface area contributed by atoms with E-state index >= 15 is 0 Å². The fraction of sp³-hybridized carbons (Fsp3) is 0.214. The van der Waals surface area contributed by atoms with E-state index in [1.807, 2.05) is 6.07 Å². The highest BCUT2D eigenvalue weighted by Crippen LogP contribution is 2.26. The van der Waals surface area contributed by atoms with Crippen molar-refractivity contribution in [2.75, 3.05) is 17.2 Å². The van der Waals surface area contributed by atoms with Crippen molar-refractivity contribution in [1.29, 1.82) is 0 Å². The molecule has 0 fully saturated rings. The molecule has 1 aromatic heterocycles. The van der Waals surface area contributed by atoms with Crippen LogP contribution in [0.2, 0.25) is 0 Å². The maximum atomic E-state index is 13.7. The molecule has 0 atom stereocenters. The topological polar surface area (TPSA) is 37.0 Å². The molecule has 2 N–H and O–H groups in total. The normalized spacial score (nSPS) is 10.4. The summed E-state index contributed by atoms with van der Waals surface area (Å²) in [5, 5.41) is 6.07. The van der Waals surface area contributed by atoms with Crippen LogP contribution in [0.25, 0.3) is 0 Å². The highest BCUT2D eigenvalue weighted by molar-refractivity contribution is 9.10. The largest absolute Gasteiger partial charge is 0.384 e. The Bertz CT molecular complexity index is 605. The summed E-state index contributed by atoms with van der Waals surface area (Å²) in [6.45, 7) is 2.90. The second-order valence-corrected chi connectivity index (χ2v) is 5.11. The SMILES string of the molecule is CCCNc1cncc(Nc2cc(Br)c(F)cc2F)c1. The predicted molar refractivity (Wildman–Crippen MR) is 80.4 cm³/mol. The van der Waals surface area contributed by atoms with Gasteiger partial charge in [0.1, 0.15) is 11.6 Å². The first kappa shape index (κ1) is 14.7. The molecule has 1 aromatic carbocycles. The van der Waals surface area contributed by atoms with E-state index in [1.54, 1.807) is 12.4 Å². The van der Waals surface area contributed by atoms with Crippen LogP contribution in [0.5, 0.6) is 0 Å². The van der Waals surface area contributed by atoms with Gasteiger partial charge < -0.3 is 10.6 Å². The first-order chi connectivity index (χ1) is 9.60. The van der Waals surface area contributed by atoms with E-state index < -0.39 is 11.6 Å². The minimum absolute atomic E-state index is 0.188. The van der Waals surface area contributed by atoms with Crippen LogP contribution in [-0.2, 0) is 0 Å². The smallest absolute Gasteiger partial charge is 0.149 e. The molecule has 0 saturated carbocycles. The van der Waals surface area contributed by atoms with Crippen LogP contribution in [-0.4, -0.2) is 11.5 Å². The van der Waals surface area contributed by atoms with E-state index in [-0.39, 0.29) is 10.2 Å². The number of halogens is 3. The third-order valence-corrected chi connectivity index (χ3v) is 3.21. The summed E-state index contributed by atoms with van der Waals surface area (Å²) in [5.41, 5.74) is 1.66. The minimum Gasteiger partial charge on any atom is -0.384 e. The Labute approximate surface area is 124 Å². The molecule has 3 nitrogen and oxygen atoms in total. The van der Waals surface area contributed by atoms with Crippen LogP contribution >= 0.6 is 15.9 Å². The lowest BCUT2D eigenvalue weighted by atomic mass is 10.2. The summed E-state index contributed by atoms with van der Waals surface area (Å²) in [4.78, 5) is 4.07. The zero-order valence-corrected chi connectivity index (χ0v) is 12.5. The van der Waals surface area contributed by atoms with E-state index in [9.17, 15) is 8.78 Å². The Balaban J connectivity index is 2.19. The van der Waals surface area contributed by atoms with Crippen molar-refractivity contribution in [3.05, 3.63) is 46.7 Å². The van der Waals surface area contributed by atoms with Crippen molar-refractivity contribution in [2.45, 2.75) is 13.3 Å². The highest BCUT2D eigenvalue weighted by atomic mass is 79.9. The molecule has 2 rings (SSSR count). The van der Waals surface area contributed by atoms with Gasteiger partial charge in [-0.3, -0.25) is 4.98 Å². The summed E-state index contributed by atoms with van der Waals surface area (Å²) >= 11 is 3.03. The molecule has 0 bridgehead atoms. The van der Waals surface area contributed by atoms with Crippen molar-refractivity contribution in [1.82, 2.24) is 4.98 Å². The number of hydrogen-bond donors (Lipinski definition) is 2. The van der Waals surface area contributed by atoms with Crippen LogP contribution in [0.1, 0.15) is 13.3 Å². The Morgan fingerprint density at radius 1 is 1.10 bits per heavy atom. The van der Waals surface area contributed by atoms with E-state index in [2.05, 4.69) is 38.5 Å². The Kier molecular flexibility index (Phi) is 4.89. The summed E-state index contributed by atoms with van der Waals surface area (Å²) in [7, 11) is 0. The van der Waals surface area contributed by atoms with E-state index in [0.717, 1.165) is 24.7 Å². The second-order valence-electron chi connectivity index (χ2n) is 4.26. The lowest BCUT2D eigenvalue weighted by Gasteiger charge is -2.10. The number of hydrogen-bond acceptors (Lipinski definition) is 3. The molecule has 1 heterocycles. The zero-order valence-electron chi connectivity index (χ0n) is 10.9. The van der Waals surface area contributed by atoms with Gasteiger partial charge in [0, 0.05) is 12.6 Å². The maximum Gasteiger partial charge on any atom is 0.149 e. The number of anilines is 3. The third-order valence-electron chi connectivity index (χ3n) is 2.61. The Morgan fingerprint density at radius 3 is 2.60 bits per heavy atom. The lowest BCUT2D eigenvalue weighted by Crippen LogP contribution is -2.01. The van der Waals surface area contributed by atoms with Crippen molar-refractivity contribution >= 4 is 33.0 Å². The summed E-state index contributed by atoms with van der Waals surface area (Å²) in [6.07, 6.45) is 4.27. The van der Waals surface area contributed by atoms with Crippen molar-refractivity contribution in [3.63, 3.8) is 0 Å². The number of aromatic nitrogens is 1. The van der Waals surface area contributed by atoms with Gasteiger partial charge in [0.25, 0.3) is 0 Å². The number of rotatable bonds is 5. The maximum absolute atomic E-state index is 13.7. The van der Waals surface area contributed by atoms with E-state index in [0.29, 0.717) is 5.69 Å². The fourth-order valence-electron chi connectivity index (χ4n) is 1.65. The monoisotopic (exact) mass is 341 g/mol. The quantitative estimate of drug-likeness (QED) is 0.774. The molecule has 0 amide bonds. The van der Waals surface area contributed by atoms with Crippen LogP contribution in [0.3, 0.4) is 0 Å². The fourth-order valence-corrected chi connectivity index (χ4v) is 1.99. The van der Waals surface area contributed by atoms with Gasteiger partial charge in [0.05, 0.1) is 33.9 Å². The van der Waals surface area contributed by atoms with Gasteiger partial charge in [-0.1, -0.05) is 6.92 Å². The zero-order chi connectivity index (χ0) is 14.5. The highest BCUT2D eigenvalue weighted by Gasteiger charge is 2.08. The molecule has 2 aromatic rings.